The molecule has 4 N–H and O–H groups in total. The zero-order valence-electron chi connectivity index (χ0n) is 18.1. The van der Waals surface area contributed by atoms with E-state index in [2.05, 4.69) is 15.5 Å². The van der Waals surface area contributed by atoms with Crippen molar-refractivity contribution in [2.24, 2.45) is 10.9 Å². The maximum Gasteiger partial charge on any atom is 0.196 e. The quantitative estimate of drug-likeness (QED) is 0.183. The summed E-state index contributed by atoms with van der Waals surface area (Å²) in [5, 5.41) is 16.0. The van der Waals surface area contributed by atoms with Crippen molar-refractivity contribution in [2.75, 3.05) is 5.32 Å². The Kier molecular flexibility index (Phi) is 5.64. The van der Waals surface area contributed by atoms with Crippen molar-refractivity contribution >= 4 is 22.5 Å². The molecule has 162 valence electrons. The number of nitrogens with zero attached hydrogens (tertiary/aromatic N) is 2. The number of nitrogens with one attached hydrogen (secondary N) is 1. The van der Waals surface area contributed by atoms with Crippen LogP contribution in [-0.2, 0) is 0 Å². The van der Waals surface area contributed by atoms with Crippen molar-refractivity contribution in [3.05, 3.63) is 93.4 Å². The molecule has 0 amide bonds. The summed E-state index contributed by atoms with van der Waals surface area (Å²) in [5.74, 6) is 0.460. The maximum absolute atomic E-state index is 13.2. The van der Waals surface area contributed by atoms with Crippen LogP contribution in [0.25, 0.3) is 22.3 Å². The van der Waals surface area contributed by atoms with Crippen molar-refractivity contribution in [1.82, 2.24) is 4.98 Å². The number of aromatic nitrogens is 1. The molecule has 0 aliphatic heterocycles. The molecule has 0 aliphatic rings. The second-order valence-corrected chi connectivity index (χ2v) is 7.73. The Morgan fingerprint density at radius 3 is 2.62 bits per heavy atom. The molecule has 4 aromatic rings. The molecule has 0 spiro atoms. The molecule has 0 fully saturated rings. The molecule has 2 aromatic carbocycles. The van der Waals surface area contributed by atoms with Gasteiger partial charge in [0.25, 0.3) is 0 Å². The average Bonchev–Trinajstić information content (AvgIpc) is 2.81. The first-order chi connectivity index (χ1) is 15.4. The van der Waals surface area contributed by atoms with Gasteiger partial charge in [-0.2, -0.15) is 0 Å². The largest absolute Gasteiger partial charge is 0.455 e. The van der Waals surface area contributed by atoms with Gasteiger partial charge >= 0.3 is 0 Å². The Hall–Kier alpha value is -4.13. The molecule has 0 radical (unpaired) electrons. The number of oxime groups is 1. The van der Waals surface area contributed by atoms with Crippen LogP contribution in [0.1, 0.15) is 35.3 Å². The minimum Gasteiger partial charge on any atom is -0.455 e. The predicted molar refractivity (Wildman–Crippen MR) is 126 cm³/mol. The summed E-state index contributed by atoms with van der Waals surface area (Å²) < 4.78 is 6.36. The topological polar surface area (TPSA) is 114 Å². The van der Waals surface area contributed by atoms with E-state index in [1.807, 2.05) is 56.3 Å². The van der Waals surface area contributed by atoms with E-state index < -0.39 is 0 Å². The fourth-order valence-electron chi connectivity index (χ4n) is 3.84. The van der Waals surface area contributed by atoms with Crippen LogP contribution >= 0.6 is 0 Å². The van der Waals surface area contributed by atoms with E-state index in [1.165, 1.54) is 0 Å². The molecule has 7 heteroatoms. The van der Waals surface area contributed by atoms with Crippen LogP contribution in [0.5, 0.6) is 0 Å². The van der Waals surface area contributed by atoms with Crippen LogP contribution in [0.15, 0.2) is 75.2 Å². The lowest BCUT2D eigenvalue weighted by Crippen LogP contribution is -2.19. The average molecular weight is 428 g/mol. The Labute approximate surface area is 185 Å². The Bertz CT molecular complexity index is 1380. The van der Waals surface area contributed by atoms with Crippen molar-refractivity contribution in [1.29, 1.82) is 0 Å². The first-order valence-electron chi connectivity index (χ1n) is 10.2. The smallest absolute Gasteiger partial charge is 0.196 e. The fraction of sp³-hybridized carbons (Fsp3) is 0.160. The normalized spacial score (nSPS) is 12.7. The Morgan fingerprint density at radius 2 is 1.91 bits per heavy atom. The molecule has 0 bridgehead atoms. The molecular formula is C25H24N4O3. The van der Waals surface area contributed by atoms with Crippen LogP contribution in [0.3, 0.4) is 0 Å². The molecule has 0 saturated carbocycles. The molecule has 4 rings (SSSR count). The molecule has 0 aliphatic carbocycles. The summed E-state index contributed by atoms with van der Waals surface area (Å²) >= 11 is 0. The van der Waals surface area contributed by atoms with Gasteiger partial charge in [0, 0.05) is 22.9 Å². The fourth-order valence-corrected chi connectivity index (χ4v) is 3.84. The zero-order valence-corrected chi connectivity index (χ0v) is 18.1. The van der Waals surface area contributed by atoms with Gasteiger partial charge in [-0.1, -0.05) is 41.6 Å². The molecule has 2 aromatic heterocycles. The highest BCUT2D eigenvalue weighted by molar-refractivity contribution is 6.00. The Morgan fingerprint density at radius 1 is 1.16 bits per heavy atom. The van der Waals surface area contributed by atoms with E-state index in [1.54, 1.807) is 25.3 Å². The van der Waals surface area contributed by atoms with Gasteiger partial charge in [-0.15, -0.1) is 0 Å². The summed E-state index contributed by atoms with van der Waals surface area (Å²) in [6.07, 6.45) is 1.57. The monoisotopic (exact) mass is 428 g/mol. The SMILES string of the molecule is Cc1cc(C(C)Nc2cccnc2C(N)=NO)c2oc(-c3ccccc3)c(C)c(=O)c2c1. The van der Waals surface area contributed by atoms with Crippen molar-refractivity contribution in [3.8, 4) is 11.3 Å². The van der Waals surface area contributed by atoms with E-state index >= 15 is 0 Å². The van der Waals surface area contributed by atoms with Gasteiger partial charge in [0.1, 0.15) is 17.0 Å². The number of rotatable bonds is 5. The molecule has 1 unspecified atom stereocenters. The lowest BCUT2D eigenvalue weighted by Gasteiger charge is -2.20. The van der Waals surface area contributed by atoms with Crippen molar-refractivity contribution < 1.29 is 9.62 Å². The van der Waals surface area contributed by atoms with E-state index in [9.17, 15) is 4.79 Å². The van der Waals surface area contributed by atoms with E-state index in [-0.39, 0.29) is 17.3 Å². The second kappa shape index (κ2) is 8.55. The minimum atomic E-state index is -0.263. The number of hydrogen-bond donors (Lipinski definition) is 3. The summed E-state index contributed by atoms with van der Waals surface area (Å²) in [5.41, 5.74) is 10.4. The van der Waals surface area contributed by atoms with Crippen molar-refractivity contribution in [2.45, 2.75) is 26.8 Å². The van der Waals surface area contributed by atoms with Crippen LogP contribution in [-0.4, -0.2) is 16.0 Å². The third kappa shape index (κ3) is 3.80. The van der Waals surface area contributed by atoms with Crippen molar-refractivity contribution in [3.63, 3.8) is 0 Å². The minimum absolute atomic E-state index is 0.0546. The van der Waals surface area contributed by atoms with Gasteiger partial charge < -0.3 is 20.7 Å². The third-order valence-electron chi connectivity index (χ3n) is 5.42. The standard InChI is InChI=1S/C25H24N4O3/c1-14-12-18(16(3)28-20-10-7-11-27-21(20)25(26)29-31)24-19(13-14)22(30)15(2)23(32-24)17-8-5-4-6-9-17/h4-13,16,28,31H,1-3H3,(H2,26,29). The van der Waals surface area contributed by atoms with Gasteiger partial charge in [0.2, 0.25) is 0 Å². The van der Waals surface area contributed by atoms with Gasteiger partial charge in [0.15, 0.2) is 11.3 Å². The molecule has 32 heavy (non-hydrogen) atoms. The third-order valence-corrected chi connectivity index (χ3v) is 5.42. The van der Waals surface area contributed by atoms with Crippen LogP contribution in [0.4, 0.5) is 5.69 Å². The van der Waals surface area contributed by atoms with Gasteiger partial charge in [-0.25, -0.2) is 0 Å². The molecule has 2 heterocycles. The summed E-state index contributed by atoms with van der Waals surface area (Å²) in [4.78, 5) is 17.4. The number of aryl methyl sites for hydroxylation is 1. The number of nitrogens with two attached hydrogens (primary N) is 1. The number of benzene rings is 2. The number of pyridine rings is 1. The zero-order chi connectivity index (χ0) is 22.8. The molecule has 1 atom stereocenters. The Balaban J connectivity index is 1.88. The van der Waals surface area contributed by atoms with E-state index in [0.717, 1.165) is 16.7 Å². The summed E-state index contributed by atoms with van der Waals surface area (Å²) in [6.45, 7) is 5.69. The predicted octanol–water partition coefficient (Wildman–Crippen LogP) is 4.74. The highest BCUT2D eigenvalue weighted by Gasteiger charge is 2.20. The van der Waals surface area contributed by atoms with Gasteiger partial charge in [-0.3, -0.25) is 9.78 Å². The maximum atomic E-state index is 13.2. The number of anilines is 1. The first kappa shape index (κ1) is 21.1. The highest BCUT2D eigenvalue weighted by Crippen LogP contribution is 2.32. The van der Waals surface area contributed by atoms with Crippen LogP contribution in [0.2, 0.25) is 0 Å². The van der Waals surface area contributed by atoms with Gasteiger partial charge in [0.05, 0.1) is 17.1 Å². The van der Waals surface area contributed by atoms with E-state index in [0.29, 0.717) is 33.7 Å². The second-order valence-electron chi connectivity index (χ2n) is 7.73. The lowest BCUT2D eigenvalue weighted by molar-refractivity contribution is 0.318. The number of hydrogen-bond acceptors (Lipinski definition) is 6. The van der Waals surface area contributed by atoms with Crippen LogP contribution in [0, 0.1) is 13.8 Å². The number of amidine groups is 1. The summed E-state index contributed by atoms with van der Waals surface area (Å²) in [7, 11) is 0. The van der Waals surface area contributed by atoms with Gasteiger partial charge in [-0.05, 0) is 44.5 Å². The lowest BCUT2D eigenvalue weighted by atomic mass is 9.98. The number of fused-ring (bicyclic) bond motifs is 1. The molecule has 7 nitrogen and oxygen atoms in total. The molecule has 0 saturated heterocycles. The summed E-state index contributed by atoms with van der Waals surface area (Å²) in [6, 6.07) is 16.7. The first-order valence-corrected chi connectivity index (χ1v) is 10.2. The van der Waals surface area contributed by atoms with E-state index in [4.69, 9.17) is 15.4 Å². The highest BCUT2D eigenvalue weighted by atomic mass is 16.4. The van der Waals surface area contributed by atoms with Crippen LogP contribution < -0.4 is 16.5 Å². The molecular weight excluding hydrogens is 404 g/mol.